The zero-order valence-electron chi connectivity index (χ0n) is 7.94. The van der Waals surface area contributed by atoms with Gasteiger partial charge in [0.15, 0.2) is 6.10 Å². The van der Waals surface area contributed by atoms with Gasteiger partial charge in [-0.05, 0) is 43.4 Å². The molecule has 0 spiro atoms. The highest BCUT2D eigenvalue weighted by Gasteiger charge is 2.35. The van der Waals surface area contributed by atoms with Gasteiger partial charge < -0.3 is 4.74 Å². The molecular weight excluding hydrogens is 278 g/mol. The second-order valence-corrected chi connectivity index (χ2v) is 4.44. The van der Waals surface area contributed by atoms with Crippen LogP contribution in [0.1, 0.15) is 6.92 Å². The summed E-state index contributed by atoms with van der Waals surface area (Å²) in [5.74, 6) is -0.123. The molecule has 15 heavy (non-hydrogen) atoms. The van der Waals surface area contributed by atoms with Gasteiger partial charge in [0, 0.05) is 4.47 Å². The van der Waals surface area contributed by atoms with Crippen LogP contribution in [-0.2, 0) is 9.53 Å². The van der Waals surface area contributed by atoms with Crippen molar-refractivity contribution in [2.45, 2.75) is 13.0 Å². The molecule has 1 unspecified atom stereocenters. The lowest BCUT2D eigenvalue weighted by atomic mass is 10.3. The highest BCUT2D eigenvalue weighted by Crippen LogP contribution is 2.24. The van der Waals surface area contributed by atoms with Crippen molar-refractivity contribution in [2.75, 3.05) is 4.90 Å². The van der Waals surface area contributed by atoms with Crippen LogP contribution in [0.15, 0.2) is 28.7 Å². The summed E-state index contributed by atoms with van der Waals surface area (Å²) >= 11 is 8.31. The van der Waals surface area contributed by atoms with Crippen LogP contribution < -0.4 is 4.90 Å². The van der Waals surface area contributed by atoms with Crippen LogP contribution in [0.5, 0.6) is 0 Å². The van der Waals surface area contributed by atoms with Crippen molar-refractivity contribution < 1.29 is 9.53 Å². The Hall–Kier alpha value is -0.940. The van der Waals surface area contributed by atoms with Gasteiger partial charge >= 0.3 is 0 Å². The van der Waals surface area contributed by atoms with Crippen LogP contribution in [0, 0.1) is 0 Å². The average molecular weight is 286 g/mol. The maximum atomic E-state index is 11.7. The van der Waals surface area contributed by atoms with Crippen LogP contribution >= 0.6 is 28.1 Å². The van der Waals surface area contributed by atoms with Crippen LogP contribution in [0.25, 0.3) is 0 Å². The van der Waals surface area contributed by atoms with Crippen LogP contribution in [0.3, 0.4) is 0 Å². The second-order valence-electron chi connectivity index (χ2n) is 3.18. The number of ether oxygens (including phenoxy) is 1. The number of hydrogen-bond donors (Lipinski definition) is 0. The van der Waals surface area contributed by atoms with Gasteiger partial charge in [0.05, 0.1) is 5.69 Å². The zero-order valence-corrected chi connectivity index (χ0v) is 10.3. The van der Waals surface area contributed by atoms with Crippen LogP contribution in [-0.4, -0.2) is 17.2 Å². The van der Waals surface area contributed by atoms with Gasteiger partial charge in [0.2, 0.25) is 0 Å². The summed E-state index contributed by atoms with van der Waals surface area (Å²) in [5, 5.41) is 0.217. The fourth-order valence-electron chi connectivity index (χ4n) is 1.35. The van der Waals surface area contributed by atoms with Gasteiger partial charge in [-0.15, -0.1) is 0 Å². The van der Waals surface area contributed by atoms with Crippen molar-refractivity contribution in [2.24, 2.45) is 0 Å². The van der Waals surface area contributed by atoms with E-state index in [0.29, 0.717) is 0 Å². The molecule has 0 aromatic heterocycles. The van der Waals surface area contributed by atoms with Crippen molar-refractivity contribution in [3.05, 3.63) is 28.7 Å². The molecule has 1 amide bonds. The molecule has 1 aromatic carbocycles. The Bertz CT molecular complexity index is 418. The molecule has 1 aliphatic rings. The Balaban J connectivity index is 2.35. The molecule has 0 radical (unpaired) electrons. The number of thiocarbonyl (C=S) groups is 1. The normalized spacial score (nSPS) is 20.7. The highest BCUT2D eigenvalue weighted by atomic mass is 79.9. The van der Waals surface area contributed by atoms with Gasteiger partial charge in [-0.25, -0.2) is 4.90 Å². The first-order valence-corrected chi connectivity index (χ1v) is 5.60. The van der Waals surface area contributed by atoms with E-state index < -0.39 is 6.10 Å². The molecule has 1 aliphatic heterocycles. The summed E-state index contributed by atoms with van der Waals surface area (Å²) in [4.78, 5) is 13.1. The number of hydrogen-bond acceptors (Lipinski definition) is 3. The Morgan fingerprint density at radius 2 is 2.00 bits per heavy atom. The minimum Gasteiger partial charge on any atom is -0.457 e. The molecule has 1 fully saturated rings. The lowest BCUT2D eigenvalue weighted by Crippen LogP contribution is -2.30. The van der Waals surface area contributed by atoms with Gasteiger partial charge in [-0.2, -0.15) is 0 Å². The largest absolute Gasteiger partial charge is 0.457 e. The lowest BCUT2D eigenvalue weighted by molar-refractivity contribution is -0.121. The van der Waals surface area contributed by atoms with Crippen molar-refractivity contribution >= 4 is 44.9 Å². The van der Waals surface area contributed by atoms with E-state index in [9.17, 15) is 4.79 Å². The van der Waals surface area contributed by atoms with Crippen molar-refractivity contribution in [3.63, 3.8) is 0 Å². The Kier molecular flexibility index (Phi) is 2.75. The SMILES string of the molecule is CC1OC(=S)N(c2ccc(Br)cc2)C1=O. The summed E-state index contributed by atoms with van der Waals surface area (Å²) < 4.78 is 6.12. The minimum absolute atomic E-state index is 0.123. The molecule has 0 bridgehead atoms. The van der Waals surface area contributed by atoms with E-state index in [1.54, 1.807) is 6.92 Å². The molecule has 1 atom stereocenters. The topological polar surface area (TPSA) is 29.5 Å². The summed E-state index contributed by atoms with van der Waals surface area (Å²) in [7, 11) is 0. The number of halogens is 1. The summed E-state index contributed by atoms with van der Waals surface area (Å²) in [6.45, 7) is 1.69. The summed E-state index contributed by atoms with van der Waals surface area (Å²) in [6.07, 6.45) is -0.485. The molecule has 0 N–H and O–H groups in total. The highest BCUT2D eigenvalue weighted by molar-refractivity contribution is 9.10. The predicted molar refractivity (Wildman–Crippen MR) is 64.8 cm³/mol. The number of rotatable bonds is 1. The first-order valence-electron chi connectivity index (χ1n) is 4.40. The smallest absolute Gasteiger partial charge is 0.275 e. The summed E-state index contributed by atoms with van der Waals surface area (Å²) in [5.41, 5.74) is 0.734. The molecule has 1 heterocycles. The maximum Gasteiger partial charge on any atom is 0.275 e. The maximum absolute atomic E-state index is 11.7. The fourth-order valence-corrected chi connectivity index (χ4v) is 1.95. The van der Waals surface area contributed by atoms with Gasteiger partial charge in [-0.3, -0.25) is 4.79 Å². The number of nitrogens with zero attached hydrogens (tertiary/aromatic N) is 1. The molecule has 0 saturated carbocycles. The molecule has 3 nitrogen and oxygen atoms in total. The van der Waals surface area contributed by atoms with Crippen LogP contribution in [0.2, 0.25) is 0 Å². The monoisotopic (exact) mass is 285 g/mol. The van der Waals surface area contributed by atoms with E-state index >= 15 is 0 Å². The van der Waals surface area contributed by atoms with Gasteiger partial charge in [0.1, 0.15) is 0 Å². The van der Waals surface area contributed by atoms with Crippen LogP contribution in [0.4, 0.5) is 5.69 Å². The van der Waals surface area contributed by atoms with E-state index in [0.717, 1.165) is 10.2 Å². The Labute approximate surface area is 101 Å². The van der Waals surface area contributed by atoms with E-state index in [2.05, 4.69) is 15.9 Å². The van der Waals surface area contributed by atoms with Crippen molar-refractivity contribution in [1.29, 1.82) is 0 Å². The van der Waals surface area contributed by atoms with E-state index in [-0.39, 0.29) is 11.1 Å². The molecular formula is C10H8BrNO2S. The van der Waals surface area contributed by atoms with E-state index in [1.807, 2.05) is 24.3 Å². The number of carbonyl (C=O) groups excluding carboxylic acids is 1. The van der Waals surface area contributed by atoms with Crippen molar-refractivity contribution in [3.8, 4) is 0 Å². The quantitative estimate of drug-likeness (QED) is 0.743. The number of anilines is 1. The molecule has 1 aromatic rings. The zero-order chi connectivity index (χ0) is 11.0. The molecule has 2 rings (SSSR count). The second kappa shape index (κ2) is 3.90. The average Bonchev–Trinajstić information content (AvgIpc) is 2.44. The number of carbonyl (C=O) groups is 1. The third-order valence-corrected chi connectivity index (χ3v) is 2.92. The molecule has 0 aliphatic carbocycles. The third-order valence-electron chi connectivity index (χ3n) is 2.11. The van der Waals surface area contributed by atoms with E-state index in [4.69, 9.17) is 17.0 Å². The number of amides is 1. The number of benzene rings is 1. The van der Waals surface area contributed by atoms with Gasteiger partial charge in [-0.1, -0.05) is 15.9 Å². The minimum atomic E-state index is -0.485. The standard InChI is InChI=1S/C10H8BrNO2S/c1-6-9(13)12(10(15)14-6)8-4-2-7(11)3-5-8/h2-6H,1H3. The molecule has 78 valence electrons. The summed E-state index contributed by atoms with van der Waals surface area (Å²) in [6, 6.07) is 7.34. The molecule has 5 heteroatoms. The first-order chi connectivity index (χ1) is 7.09. The van der Waals surface area contributed by atoms with Crippen molar-refractivity contribution in [1.82, 2.24) is 0 Å². The third kappa shape index (κ3) is 1.89. The fraction of sp³-hybridized carbons (Fsp3) is 0.200. The Morgan fingerprint density at radius 1 is 1.40 bits per heavy atom. The Morgan fingerprint density at radius 3 is 2.47 bits per heavy atom. The lowest BCUT2D eigenvalue weighted by Gasteiger charge is -2.12. The van der Waals surface area contributed by atoms with Gasteiger partial charge in [0.25, 0.3) is 11.1 Å². The predicted octanol–water partition coefficient (Wildman–Crippen LogP) is 2.49. The molecule has 1 saturated heterocycles. The first kappa shape index (κ1) is 10.6. The van der Waals surface area contributed by atoms with E-state index in [1.165, 1.54) is 4.90 Å².